The Kier molecular flexibility index (Phi) is 11.3. The van der Waals surface area contributed by atoms with Crippen LogP contribution in [-0.2, 0) is 25.5 Å². The van der Waals surface area contributed by atoms with E-state index in [-0.39, 0.29) is 36.4 Å². The van der Waals surface area contributed by atoms with Crippen LogP contribution in [0.15, 0.2) is 71.2 Å². The van der Waals surface area contributed by atoms with Gasteiger partial charge in [-0.2, -0.15) is 0 Å². The third-order valence-electron chi connectivity index (χ3n) is 5.26. The van der Waals surface area contributed by atoms with Crippen molar-refractivity contribution in [3.8, 4) is 5.75 Å². The zero-order valence-electron chi connectivity index (χ0n) is 20.1. The quantitative estimate of drug-likeness (QED) is 0.133. The number of benzene rings is 3. The van der Waals surface area contributed by atoms with E-state index in [2.05, 4.69) is 32.1 Å². The molecule has 0 saturated heterocycles. The monoisotopic (exact) mass is 585 g/mol. The number of carbonyl (C=O) groups is 3. The Balaban J connectivity index is 1.25. The van der Waals surface area contributed by atoms with Gasteiger partial charge < -0.3 is 14.8 Å². The van der Waals surface area contributed by atoms with E-state index in [9.17, 15) is 14.4 Å². The van der Waals surface area contributed by atoms with E-state index >= 15 is 0 Å². The summed E-state index contributed by atoms with van der Waals surface area (Å²) in [6.45, 7) is 0.0864. The van der Waals surface area contributed by atoms with Crippen LogP contribution in [0.25, 0.3) is 10.8 Å². The first-order chi connectivity index (χ1) is 17.9. The summed E-state index contributed by atoms with van der Waals surface area (Å²) in [5.41, 5.74) is 6.02. The lowest BCUT2D eigenvalue weighted by Crippen LogP contribution is -2.49. The first-order valence-corrected chi connectivity index (χ1v) is 13.0. The zero-order valence-corrected chi connectivity index (χ0v) is 22.5. The lowest BCUT2D eigenvalue weighted by atomic mass is 10.1. The fraction of sp³-hybridized carbons (Fsp3) is 0.259. The van der Waals surface area contributed by atoms with Gasteiger partial charge in [-0.25, -0.2) is 0 Å². The van der Waals surface area contributed by atoms with E-state index in [1.54, 1.807) is 6.07 Å². The number of amides is 2. The van der Waals surface area contributed by atoms with Crippen molar-refractivity contribution in [1.29, 1.82) is 0 Å². The van der Waals surface area contributed by atoms with Crippen LogP contribution in [0.5, 0.6) is 5.75 Å². The predicted octanol–water partition coefficient (Wildman–Crippen LogP) is 4.35. The highest BCUT2D eigenvalue weighted by molar-refractivity contribution is 9.10. The van der Waals surface area contributed by atoms with E-state index in [1.165, 1.54) is 5.56 Å². The van der Waals surface area contributed by atoms with Gasteiger partial charge in [-0.3, -0.25) is 25.2 Å². The van der Waals surface area contributed by atoms with Crippen molar-refractivity contribution in [2.75, 3.05) is 13.2 Å². The predicted molar refractivity (Wildman–Crippen MR) is 149 cm³/mol. The molecule has 8 nitrogen and oxygen atoms in total. The highest BCUT2D eigenvalue weighted by Gasteiger charge is 2.11. The van der Waals surface area contributed by atoms with Crippen LogP contribution in [0.2, 0.25) is 0 Å². The highest BCUT2D eigenvalue weighted by Crippen LogP contribution is 2.32. The molecule has 0 atom stereocenters. The summed E-state index contributed by atoms with van der Waals surface area (Å²) in [6, 6.07) is 21.4. The third kappa shape index (κ3) is 9.82. The number of halogens is 1. The molecule has 0 heterocycles. The van der Waals surface area contributed by atoms with Gasteiger partial charge in [0.15, 0.2) is 11.7 Å². The average Bonchev–Trinajstić information content (AvgIpc) is 2.90. The van der Waals surface area contributed by atoms with Crippen molar-refractivity contribution in [3.63, 3.8) is 0 Å². The van der Waals surface area contributed by atoms with Crippen LogP contribution < -0.4 is 20.9 Å². The maximum absolute atomic E-state index is 12.1. The van der Waals surface area contributed by atoms with E-state index in [0.29, 0.717) is 18.8 Å². The molecular weight excluding hydrogens is 558 g/mol. The molecule has 0 aromatic heterocycles. The Labute approximate surface area is 229 Å². The molecule has 3 aromatic carbocycles. The Hall–Kier alpha value is -3.50. The first-order valence-electron chi connectivity index (χ1n) is 11.8. The number of thiocarbonyl (C=S) groups is 1. The van der Waals surface area contributed by atoms with Crippen LogP contribution in [0, 0.1) is 0 Å². The molecule has 10 heteroatoms. The minimum absolute atomic E-state index is 0.0614. The number of hydrazine groups is 1. The first kappa shape index (κ1) is 28.1. The summed E-state index contributed by atoms with van der Waals surface area (Å²) < 4.78 is 11.5. The molecule has 0 fully saturated rings. The van der Waals surface area contributed by atoms with Gasteiger partial charge in [-0.05, 0) is 69.8 Å². The average molecular weight is 587 g/mol. The lowest BCUT2D eigenvalue weighted by molar-refractivity contribution is -0.143. The molecule has 0 spiro atoms. The van der Waals surface area contributed by atoms with Crippen molar-refractivity contribution >= 4 is 61.8 Å². The standard InChI is InChI=1S/C27H28BrN3O5S/c28-26-21-12-5-4-11-20(21)15-16-22(26)36-18-24(33)30-31-27(37)29-23(32)13-6-14-25(34)35-17-7-10-19-8-2-1-3-9-19/h1-5,8-9,11-12,15-16H,6-7,10,13-14,17-18H2,(H,30,33)(H2,29,31,32,37). The number of nitrogens with one attached hydrogen (secondary N) is 3. The van der Waals surface area contributed by atoms with Crippen molar-refractivity contribution < 1.29 is 23.9 Å². The Bertz CT molecular complexity index is 1240. The van der Waals surface area contributed by atoms with Crippen LogP contribution in [0.3, 0.4) is 0 Å². The van der Waals surface area contributed by atoms with Gasteiger partial charge in [0, 0.05) is 12.8 Å². The molecule has 194 valence electrons. The largest absolute Gasteiger partial charge is 0.483 e. The summed E-state index contributed by atoms with van der Waals surface area (Å²) >= 11 is 8.52. The molecule has 0 aliphatic carbocycles. The number of fused-ring (bicyclic) bond motifs is 1. The molecule has 0 unspecified atom stereocenters. The number of ether oxygens (including phenoxy) is 2. The van der Waals surface area contributed by atoms with Crippen molar-refractivity contribution in [2.24, 2.45) is 0 Å². The Morgan fingerprint density at radius 2 is 1.59 bits per heavy atom. The van der Waals surface area contributed by atoms with Crippen molar-refractivity contribution in [3.05, 3.63) is 76.8 Å². The van der Waals surface area contributed by atoms with Gasteiger partial charge in [-0.15, -0.1) is 0 Å². The van der Waals surface area contributed by atoms with Gasteiger partial charge >= 0.3 is 5.97 Å². The topological polar surface area (TPSA) is 106 Å². The maximum Gasteiger partial charge on any atom is 0.305 e. The Morgan fingerprint density at radius 1 is 0.838 bits per heavy atom. The van der Waals surface area contributed by atoms with Gasteiger partial charge in [0.05, 0.1) is 11.1 Å². The van der Waals surface area contributed by atoms with Gasteiger partial charge in [0.25, 0.3) is 5.91 Å². The molecule has 37 heavy (non-hydrogen) atoms. The number of aryl methyl sites for hydroxylation is 1. The maximum atomic E-state index is 12.1. The van der Waals surface area contributed by atoms with Crippen molar-refractivity contribution in [1.82, 2.24) is 16.2 Å². The van der Waals surface area contributed by atoms with Gasteiger partial charge in [-0.1, -0.05) is 60.7 Å². The molecule has 0 saturated carbocycles. The van der Waals surface area contributed by atoms with E-state index in [0.717, 1.165) is 28.1 Å². The van der Waals surface area contributed by atoms with Crippen LogP contribution in [-0.4, -0.2) is 36.1 Å². The second-order valence-corrected chi connectivity index (χ2v) is 9.30. The summed E-state index contributed by atoms with van der Waals surface area (Å²) in [4.78, 5) is 35.9. The molecule has 0 aliphatic rings. The molecule has 3 rings (SSSR count). The van der Waals surface area contributed by atoms with Crippen LogP contribution >= 0.6 is 28.1 Å². The van der Waals surface area contributed by atoms with Crippen LogP contribution in [0.4, 0.5) is 0 Å². The second kappa shape index (κ2) is 14.9. The number of rotatable bonds is 11. The second-order valence-electron chi connectivity index (χ2n) is 8.10. The number of esters is 1. The molecule has 3 N–H and O–H groups in total. The molecule has 2 amide bonds. The van der Waals surface area contributed by atoms with E-state index < -0.39 is 5.91 Å². The fourth-order valence-electron chi connectivity index (χ4n) is 3.42. The lowest BCUT2D eigenvalue weighted by Gasteiger charge is -2.12. The van der Waals surface area contributed by atoms with E-state index in [4.69, 9.17) is 21.7 Å². The minimum atomic E-state index is -0.480. The molecule has 3 aromatic rings. The third-order valence-corrected chi connectivity index (χ3v) is 6.28. The van der Waals surface area contributed by atoms with Gasteiger partial charge in [0.1, 0.15) is 5.75 Å². The minimum Gasteiger partial charge on any atom is -0.483 e. The summed E-state index contributed by atoms with van der Waals surface area (Å²) in [5, 5.41) is 4.40. The molecule has 0 aliphatic heterocycles. The fourth-order valence-corrected chi connectivity index (χ4v) is 4.20. The smallest absolute Gasteiger partial charge is 0.305 e. The van der Waals surface area contributed by atoms with Crippen LogP contribution in [0.1, 0.15) is 31.2 Å². The summed E-state index contributed by atoms with van der Waals surface area (Å²) in [5.74, 6) is -0.669. The zero-order chi connectivity index (χ0) is 26.5. The highest BCUT2D eigenvalue weighted by atomic mass is 79.9. The summed E-state index contributed by atoms with van der Waals surface area (Å²) in [7, 11) is 0. The van der Waals surface area contributed by atoms with Crippen molar-refractivity contribution in [2.45, 2.75) is 32.1 Å². The van der Waals surface area contributed by atoms with Gasteiger partial charge in [0.2, 0.25) is 5.91 Å². The number of hydrogen-bond donors (Lipinski definition) is 3. The SMILES string of the molecule is O=C(COc1ccc2ccccc2c1Br)NNC(=S)NC(=O)CCCC(=O)OCCCc1ccccc1. The molecule has 0 bridgehead atoms. The Morgan fingerprint density at radius 3 is 2.41 bits per heavy atom. The number of hydrogen-bond acceptors (Lipinski definition) is 6. The number of carbonyl (C=O) groups excluding carboxylic acids is 3. The summed E-state index contributed by atoms with van der Waals surface area (Å²) in [6.07, 6.45) is 2.13. The molecular formula is C27H28BrN3O5S. The molecule has 0 radical (unpaired) electrons. The van der Waals surface area contributed by atoms with E-state index in [1.807, 2.05) is 60.7 Å². The normalized spacial score (nSPS) is 10.4.